The third-order valence-electron chi connectivity index (χ3n) is 6.50. The van der Waals surface area contributed by atoms with Crippen LogP contribution < -0.4 is 16.4 Å². The topological polar surface area (TPSA) is 102 Å². The van der Waals surface area contributed by atoms with Gasteiger partial charge in [-0.05, 0) is 63.2 Å². The number of primary amides is 1. The molecule has 7 nitrogen and oxygen atoms in total. The predicted molar refractivity (Wildman–Crippen MR) is 97.9 cm³/mol. The van der Waals surface area contributed by atoms with Crippen LogP contribution in [0.2, 0.25) is 0 Å². The molecule has 6 rings (SSSR count). The molecule has 0 unspecified atom stereocenters. The van der Waals surface area contributed by atoms with Crippen molar-refractivity contribution in [3.05, 3.63) is 11.8 Å². The van der Waals surface area contributed by atoms with Crippen LogP contribution in [0.3, 0.4) is 0 Å². The van der Waals surface area contributed by atoms with E-state index < -0.39 is 5.91 Å². The summed E-state index contributed by atoms with van der Waals surface area (Å²) in [5.41, 5.74) is 5.87. The second kappa shape index (κ2) is 6.37. The van der Waals surface area contributed by atoms with Crippen molar-refractivity contribution in [1.82, 2.24) is 9.97 Å². The molecule has 2 bridgehead atoms. The van der Waals surface area contributed by atoms with Crippen LogP contribution in [-0.2, 0) is 4.74 Å². The Morgan fingerprint density at radius 3 is 2.23 bits per heavy atom. The van der Waals surface area contributed by atoms with Gasteiger partial charge in [0.2, 0.25) is 5.95 Å². The smallest absolute Gasteiger partial charge is 0.254 e. The maximum absolute atomic E-state index is 11.7. The van der Waals surface area contributed by atoms with Gasteiger partial charge in [0.05, 0.1) is 17.8 Å². The molecule has 1 heterocycles. The number of carbonyl (C=O) groups is 1. The number of nitrogens with one attached hydrogen (secondary N) is 2. The summed E-state index contributed by atoms with van der Waals surface area (Å²) in [6.45, 7) is 0. The van der Waals surface area contributed by atoms with Crippen molar-refractivity contribution in [1.29, 1.82) is 0 Å². The van der Waals surface area contributed by atoms with Gasteiger partial charge >= 0.3 is 0 Å². The number of aromatic nitrogens is 2. The second-order valence-electron chi connectivity index (χ2n) is 8.44. The summed E-state index contributed by atoms with van der Waals surface area (Å²) in [5.74, 6) is 2.14. The van der Waals surface area contributed by atoms with Crippen LogP contribution >= 0.6 is 0 Å². The van der Waals surface area contributed by atoms with Gasteiger partial charge in [0.15, 0.2) is 0 Å². The minimum absolute atomic E-state index is 0.360. The molecular weight excluding hydrogens is 330 g/mol. The van der Waals surface area contributed by atoms with Crippen LogP contribution in [-0.4, -0.2) is 40.2 Å². The van der Waals surface area contributed by atoms with E-state index in [4.69, 9.17) is 10.5 Å². The van der Waals surface area contributed by atoms with Gasteiger partial charge in [0.1, 0.15) is 5.82 Å². The van der Waals surface area contributed by atoms with E-state index >= 15 is 0 Å². The monoisotopic (exact) mass is 357 g/mol. The molecule has 0 radical (unpaired) electrons. The average Bonchev–Trinajstić information content (AvgIpc) is 3.36. The van der Waals surface area contributed by atoms with Crippen molar-refractivity contribution in [2.75, 3.05) is 10.6 Å². The number of hydrogen-bond donors (Lipinski definition) is 3. The maximum Gasteiger partial charge on any atom is 0.254 e. The molecule has 140 valence electrons. The number of rotatable bonds is 7. The lowest BCUT2D eigenvalue weighted by Crippen LogP contribution is -2.59. The first-order valence-electron chi connectivity index (χ1n) is 10.0. The quantitative estimate of drug-likeness (QED) is 0.692. The van der Waals surface area contributed by atoms with E-state index in [2.05, 4.69) is 20.6 Å². The number of carbonyl (C=O) groups excluding carboxylic acids is 1. The van der Waals surface area contributed by atoms with E-state index in [1.165, 1.54) is 25.7 Å². The summed E-state index contributed by atoms with van der Waals surface area (Å²) in [4.78, 5) is 20.6. The summed E-state index contributed by atoms with van der Waals surface area (Å²) in [7, 11) is 0. The molecule has 0 aliphatic heterocycles. The lowest BCUT2D eigenvalue weighted by Gasteiger charge is -2.58. The summed E-state index contributed by atoms with van der Waals surface area (Å²) >= 11 is 0. The molecular formula is C19H27N5O2. The normalized spacial score (nSPS) is 35.2. The van der Waals surface area contributed by atoms with Crippen molar-refractivity contribution in [3.63, 3.8) is 0 Å². The third-order valence-corrected chi connectivity index (χ3v) is 6.50. The first-order valence-corrected chi connectivity index (χ1v) is 10.0. The molecule has 1 aromatic heterocycles. The molecule has 5 saturated carbocycles. The number of hydrogen-bond acceptors (Lipinski definition) is 6. The van der Waals surface area contributed by atoms with E-state index in [-0.39, 0.29) is 0 Å². The SMILES string of the molecule is NC(=O)c1cnc(NC2CCC(OC3CC3)CC2)nc1NC1C2CC1C2. The average molecular weight is 357 g/mol. The van der Waals surface area contributed by atoms with E-state index in [0.717, 1.165) is 37.5 Å². The molecule has 4 N–H and O–H groups in total. The molecule has 0 spiro atoms. The number of ether oxygens (including phenoxy) is 1. The van der Waals surface area contributed by atoms with Gasteiger partial charge in [-0.25, -0.2) is 4.98 Å². The highest BCUT2D eigenvalue weighted by molar-refractivity contribution is 5.97. The molecule has 26 heavy (non-hydrogen) atoms. The molecule has 0 aromatic carbocycles. The van der Waals surface area contributed by atoms with Gasteiger partial charge in [0.25, 0.3) is 5.91 Å². The van der Waals surface area contributed by atoms with Crippen LogP contribution in [0, 0.1) is 11.8 Å². The number of amides is 1. The van der Waals surface area contributed by atoms with Gasteiger partial charge in [0, 0.05) is 18.3 Å². The highest BCUT2D eigenvalue weighted by Gasteiger charge is 2.52. The van der Waals surface area contributed by atoms with Crippen LogP contribution in [0.25, 0.3) is 0 Å². The van der Waals surface area contributed by atoms with Crippen LogP contribution in [0.5, 0.6) is 0 Å². The Bertz CT molecular complexity index is 685. The Morgan fingerprint density at radius 1 is 1.04 bits per heavy atom. The second-order valence-corrected chi connectivity index (χ2v) is 8.44. The predicted octanol–water partition coefficient (Wildman–Crippen LogP) is 2.30. The van der Waals surface area contributed by atoms with Gasteiger partial charge in [-0.15, -0.1) is 0 Å². The van der Waals surface area contributed by atoms with Crippen molar-refractivity contribution < 1.29 is 9.53 Å². The zero-order valence-corrected chi connectivity index (χ0v) is 15.0. The Hall–Kier alpha value is -1.89. The van der Waals surface area contributed by atoms with E-state index in [1.807, 2.05) is 0 Å². The Balaban J connectivity index is 1.22. The maximum atomic E-state index is 11.7. The first-order chi connectivity index (χ1) is 12.7. The highest BCUT2D eigenvalue weighted by Crippen LogP contribution is 2.54. The number of nitrogens with two attached hydrogens (primary N) is 1. The van der Waals surface area contributed by atoms with Crippen molar-refractivity contribution >= 4 is 17.7 Å². The zero-order chi connectivity index (χ0) is 17.7. The lowest BCUT2D eigenvalue weighted by atomic mass is 9.52. The Kier molecular flexibility index (Phi) is 3.99. The minimum atomic E-state index is -0.482. The first kappa shape index (κ1) is 16.3. The highest BCUT2D eigenvalue weighted by atomic mass is 16.5. The van der Waals surface area contributed by atoms with Gasteiger partial charge in [-0.3, -0.25) is 4.79 Å². The van der Waals surface area contributed by atoms with Crippen molar-refractivity contribution in [2.45, 2.75) is 75.7 Å². The molecule has 5 fully saturated rings. The molecule has 5 aliphatic carbocycles. The molecule has 1 amide bonds. The van der Waals surface area contributed by atoms with Crippen LogP contribution in [0.4, 0.5) is 11.8 Å². The van der Waals surface area contributed by atoms with Gasteiger partial charge in [-0.1, -0.05) is 0 Å². The summed E-state index contributed by atoms with van der Waals surface area (Å²) in [6, 6.07) is 0.810. The standard InChI is InChI=1S/C19H27N5O2/c20-17(25)15-9-21-19(24-18(15)23-16-10-7-11(16)8-10)22-12-1-3-13(4-2-12)26-14-5-6-14/h9-14,16H,1-8H2,(H2,20,25)(H2,21,22,23,24). The molecule has 7 heteroatoms. The summed E-state index contributed by atoms with van der Waals surface area (Å²) in [6.07, 6.45) is 11.9. The minimum Gasteiger partial charge on any atom is -0.375 e. The summed E-state index contributed by atoms with van der Waals surface area (Å²) in [5, 5.41) is 6.87. The van der Waals surface area contributed by atoms with Crippen LogP contribution in [0.15, 0.2) is 6.20 Å². The molecule has 1 aromatic rings. The molecule has 5 aliphatic rings. The Morgan fingerprint density at radius 2 is 1.69 bits per heavy atom. The van der Waals surface area contributed by atoms with Gasteiger partial charge < -0.3 is 21.1 Å². The fourth-order valence-electron chi connectivity index (χ4n) is 4.43. The zero-order valence-electron chi connectivity index (χ0n) is 15.0. The number of anilines is 2. The van der Waals surface area contributed by atoms with Crippen molar-refractivity contribution in [2.24, 2.45) is 17.6 Å². The molecule has 0 atom stereocenters. The van der Waals surface area contributed by atoms with E-state index in [9.17, 15) is 4.79 Å². The van der Waals surface area contributed by atoms with Gasteiger partial charge in [-0.2, -0.15) is 4.98 Å². The lowest BCUT2D eigenvalue weighted by molar-refractivity contribution is -0.00415. The largest absolute Gasteiger partial charge is 0.375 e. The molecule has 0 saturated heterocycles. The Labute approximate surface area is 153 Å². The number of nitrogens with zero attached hydrogens (tertiary/aromatic N) is 2. The summed E-state index contributed by atoms with van der Waals surface area (Å²) < 4.78 is 6.02. The fraction of sp³-hybridized carbons (Fsp3) is 0.737. The van der Waals surface area contributed by atoms with Crippen molar-refractivity contribution in [3.8, 4) is 0 Å². The van der Waals surface area contributed by atoms with Crippen LogP contribution in [0.1, 0.15) is 61.7 Å². The van der Waals surface area contributed by atoms with E-state index in [0.29, 0.717) is 41.6 Å². The van der Waals surface area contributed by atoms with E-state index in [1.54, 1.807) is 6.20 Å². The fourth-order valence-corrected chi connectivity index (χ4v) is 4.43. The third kappa shape index (κ3) is 3.13.